The van der Waals surface area contributed by atoms with Crippen molar-refractivity contribution >= 4 is 93.0 Å². The SMILES string of the molecule is CC(C)(C)c1ccc(N(c2ccc([Si](C)(C)C)cc2)c2cc3ccc4cc(N(c5ccc(C(C)(C)C)cc5)c5ccc([Si](C)(C)C)cc5)cc5ccc(c2)c3c45)cc1. The minimum Gasteiger partial charge on any atom is -0.310 e. The molecule has 2 nitrogen and oxygen atoms in total. The smallest absolute Gasteiger partial charge is 0.0775 e. The van der Waals surface area contributed by atoms with Crippen LogP contribution in [0.15, 0.2) is 146 Å². The Hall–Kier alpha value is -5.17. The summed E-state index contributed by atoms with van der Waals surface area (Å²) < 4.78 is 0. The molecular formula is C54H60N2Si2. The van der Waals surface area contributed by atoms with Crippen molar-refractivity contribution in [3.8, 4) is 0 Å². The second kappa shape index (κ2) is 14.3. The first-order valence-corrected chi connectivity index (χ1v) is 28.0. The van der Waals surface area contributed by atoms with Crippen LogP contribution < -0.4 is 20.2 Å². The molecule has 294 valence electrons. The van der Waals surface area contributed by atoms with Crippen molar-refractivity contribution in [2.45, 2.75) is 91.7 Å². The zero-order valence-electron chi connectivity index (χ0n) is 36.8. The van der Waals surface area contributed by atoms with Crippen molar-refractivity contribution in [3.05, 3.63) is 157 Å². The molecule has 0 unspecified atom stereocenters. The summed E-state index contributed by atoms with van der Waals surface area (Å²) in [5.41, 5.74) is 9.88. The zero-order valence-corrected chi connectivity index (χ0v) is 38.8. The Morgan fingerprint density at radius 2 is 0.552 bits per heavy atom. The van der Waals surface area contributed by atoms with Crippen LogP contribution >= 0.6 is 0 Å². The lowest BCUT2D eigenvalue weighted by atomic mass is 9.87. The van der Waals surface area contributed by atoms with Gasteiger partial charge < -0.3 is 9.80 Å². The molecule has 0 aromatic heterocycles. The number of rotatable bonds is 8. The highest BCUT2D eigenvalue weighted by Crippen LogP contribution is 2.45. The van der Waals surface area contributed by atoms with Gasteiger partial charge in [-0.05, 0) is 127 Å². The van der Waals surface area contributed by atoms with Gasteiger partial charge in [0.05, 0.1) is 16.1 Å². The fourth-order valence-corrected chi connectivity index (χ4v) is 10.7. The number of nitrogens with zero attached hydrogens (tertiary/aromatic N) is 2. The van der Waals surface area contributed by atoms with Crippen LogP contribution in [-0.4, -0.2) is 16.1 Å². The first kappa shape index (κ1) is 39.7. The molecule has 0 fully saturated rings. The van der Waals surface area contributed by atoms with E-state index in [1.807, 2.05) is 0 Å². The van der Waals surface area contributed by atoms with Crippen LogP contribution in [0.1, 0.15) is 52.7 Å². The van der Waals surface area contributed by atoms with Gasteiger partial charge in [0.25, 0.3) is 0 Å². The van der Waals surface area contributed by atoms with Crippen LogP contribution in [0.25, 0.3) is 32.3 Å². The van der Waals surface area contributed by atoms with Gasteiger partial charge in [-0.3, -0.25) is 0 Å². The summed E-state index contributed by atoms with van der Waals surface area (Å²) in [6.45, 7) is 28.2. The summed E-state index contributed by atoms with van der Waals surface area (Å²) >= 11 is 0. The Bertz CT molecular complexity index is 2350. The lowest BCUT2D eigenvalue weighted by Gasteiger charge is -2.29. The van der Waals surface area contributed by atoms with E-state index >= 15 is 0 Å². The second-order valence-corrected chi connectivity index (χ2v) is 30.7. The van der Waals surface area contributed by atoms with E-state index in [0.717, 1.165) is 0 Å². The molecule has 0 atom stereocenters. The van der Waals surface area contributed by atoms with E-state index in [-0.39, 0.29) is 10.8 Å². The minimum absolute atomic E-state index is 0.0884. The van der Waals surface area contributed by atoms with Crippen molar-refractivity contribution < 1.29 is 0 Å². The molecule has 8 rings (SSSR count). The summed E-state index contributed by atoms with van der Waals surface area (Å²) in [5.74, 6) is 0. The van der Waals surface area contributed by atoms with Gasteiger partial charge in [-0.1, -0.05) is 164 Å². The number of hydrogen-bond donors (Lipinski definition) is 0. The van der Waals surface area contributed by atoms with E-state index in [2.05, 4.69) is 236 Å². The standard InChI is InChI=1S/C54H60N2Si2/c1-53(2,3)41-17-21-43(22-18-41)55(45-25-29-49(30-26-45)57(7,8)9)47-33-37-13-15-39-35-48(36-40-16-14-38(34-47)51(37)52(39)40)56(44-23-19-42(20-24-44)54(4,5)6)46-27-31-50(32-28-46)58(10,11)12/h13-36H,1-12H3. The molecule has 0 saturated carbocycles. The maximum absolute atomic E-state index is 2.43. The lowest BCUT2D eigenvalue weighted by Crippen LogP contribution is -2.37. The molecule has 4 heteroatoms. The normalized spacial score (nSPS) is 12.8. The van der Waals surface area contributed by atoms with Crippen LogP contribution in [0.2, 0.25) is 39.3 Å². The van der Waals surface area contributed by atoms with Crippen LogP contribution in [0.5, 0.6) is 0 Å². The molecule has 0 aliphatic heterocycles. The predicted molar refractivity (Wildman–Crippen MR) is 263 cm³/mol. The maximum atomic E-state index is 2.43. The van der Waals surface area contributed by atoms with E-state index in [9.17, 15) is 0 Å². The second-order valence-electron chi connectivity index (χ2n) is 20.5. The summed E-state index contributed by atoms with van der Waals surface area (Å²) in [4.78, 5) is 4.87. The van der Waals surface area contributed by atoms with Crippen LogP contribution in [-0.2, 0) is 10.8 Å². The Morgan fingerprint density at radius 1 is 0.310 bits per heavy atom. The van der Waals surface area contributed by atoms with E-state index in [0.29, 0.717) is 0 Å². The van der Waals surface area contributed by atoms with E-state index in [1.54, 1.807) is 0 Å². The van der Waals surface area contributed by atoms with Crippen LogP contribution in [0.4, 0.5) is 34.1 Å². The van der Waals surface area contributed by atoms with Gasteiger partial charge >= 0.3 is 0 Å². The highest BCUT2D eigenvalue weighted by molar-refractivity contribution is 6.89. The number of benzene rings is 8. The third kappa shape index (κ3) is 7.61. The van der Waals surface area contributed by atoms with Crippen molar-refractivity contribution in [1.29, 1.82) is 0 Å². The average Bonchev–Trinajstić information content (AvgIpc) is 3.16. The summed E-state index contributed by atoms with van der Waals surface area (Å²) in [7, 11) is -2.89. The molecule has 0 spiro atoms. The topological polar surface area (TPSA) is 6.48 Å². The molecule has 0 aliphatic rings. The Balaban J connectivity index is 1.26. The zero-order chi connectivity index (χ0) is 41.4. The first-order valence-electron chi connectivity index (χ1n) is 21.0. The number of hydrogen-bond acceptors (Lipinski definition) is 2. The molecule has 0 heterocycles. The molecule has 0 bridgehead atoms. The molecule has 0 radical (unpaired) electrons. The van der Waals surface area contributed by atoms with Crippen molar-refractivity contribution in [1.82, 2.24) is 0 Å². The van der Waals surface area contributed by atoms with Crippen LogP contribution in [0, 0.1) is 0 Å². The van der Waals surface area contributed by atoms with Crippen molar-refractivity contribution in [2.24, 2.45) is 0 Å². The largest absolute Gasteiger partial charge is 0.310 e. The van der Waals surface area contributed by atoms with Gasteiger partial charge in [-0.2, -0.15) is 0 Å². The first-order chi connectivity index (χ1) is 27.3. The molecular weight excluding hydrogens is 733 g/mol. The summed E-state index contributed by atoms with van der Waals surface area (Å²) in [6, 6.07) is 55.9. The van der Waals surface area contributed by atoms with E-state index < -0.39 is 16.1 Å². The molecule has 0 N–H and O–H groups in total. The average molecular weight is 793 g/mol. The highest BCUT2D eigenvalue weighted by Gasteiger charge is 2.23. The van der Waals surface area contributed by atoms with Gasteiger partial charge in [0.1, 0.15) is 0 Å². The van der Waals surface area contributed by atoms with Crippen LogP contribution in [0.3, 0.4) is 0 Å². The minimum atomic E-state index is -1.45. The predicted octanol–water partition coefficient (Wildman–Crippen LogP) is 15.2. The Morgan fingerprint density at radius 3 is 0.776 bits per heavy atom. The molecule has 0 amide bonds. The summed E-state index contributed by atoms with van der Waals surface area (Å²) in [6.07, 6.45) is 0. The Kier molecular flexibility index (Phi) is 9.77. The monoisotopic (exact) mass is 792 g/mol. The quantitative estimate of drug-likeness (QED) is 0.112. The third-order valence-corrected chi connectivity index (χ3v) is 16.1. The Labute approximate surface area is 349 Å². The highest BCUT2D eigenvalue weighted by atomic mass is 28.3. The van der Waals surface area contributed by atoms with E-state index in [1.165, 1.54) is 87.9 Å². The van der Waals surface area contributed by atoms with Gasteiger partial charge in [0.15, 0.2) is 0 Å². The van der Waals surface area contributed by atoms with Gasteiger partial charge in [-0.15, -0.1) is 0 Å². The number of anilines is 6. The molecule has 8 aromatic rings. The van der Waals surface area contributed by atoms with Gasteiger partial charge in [0, 0.05) is 34.1 Å². The van der Waals surface area contributed by atoms with Crippen molar-refractivity contribution in [2.75, 3.05) is 9.80 Å². The summed E-state index contributed by atoms with van der Waals surface area (Å²) in [5, 5.41) is 10.6. The molecule has 0 aliphatic carbocycles. The van der Waals surface area contributed by atoms with Gasteiger partial charge in [-0.25, -0.2) is 0 Å². The molecule has 0 saturated heterocycles. The van der Waals surface area contributed by atoms with E-state index in [4.69, 9.17) is 0 Å². The van der Waals surface area contributed by atoms with Crippen molar-refractivity contribution in [3.63, 3.8) is 0 Å². The third-order valence-electron chi connectivity index (χ3n) is 12.0. The lowest BCUT2D eigenvalue weighted by molar-refractivity contribution is 0.590. The fraction of sp³-hybridized carbons (Fsp3) is 0.259. The fourth-order valence-electron chi connectivity index (χ4n) is 8.40. The van der Waals surface area contributed by atoms with Gasteiger partial charge in [0.2, 0.25) is 0 Å². The molecule has 8 aromatic carbocycles. The molecule has 58 heavy (non-hydrogen) atoms. The maximum Gasteiger partial charge on any atom is 0.0775 e.